The van der Waals surface area contributed by atoms with Crippen LogP contribution < -0.4 is 5.73 Å². The molecule has 0 saturated carbocycles. The molecule has 2 atom stereocenters. The standard InChI is InChI=1S/C7H15NO4S/c8-6(7(11)12)1-2-13-4-5(10)3-9/h5-6,9-10H,1-4,8H2,(H,11,12). The Balaban J connectivity index is 3.30. The molecule has 2 unspecified atom stereocenters. The van der Waals surface area contributed by atoms with E-state index in [1.165, 1.54) is 11.8 Å². The van der Waals surface area contributed by atoms with E-state index in [0.717, 1.165) is 0 Å². The van der Waals surface area contributed by atoms with Gasteiger partial charge in [-0.3, -0.25) is 4.79 Å². The third-order valence-electron chi connectivity index (χ3n) is 1.41. The van der Waals surface area contributed by atoms with Crippen LogP contribution in [-0.2, 0) is 4.79 Å². The van der Waals surface area contributed by atoms with Crippen LogP contribution in [0.3, 0.4) is 0 Å². The molecule has 5 nitrogen and oxygen atoms in total. The molecule has 0 heterocycles. The van der Waals surface area contributed by atoms with Crippen molar-refractivity contribution >= 4 is 17.7 Å². The fourth-order valence-corrected chi connectivity index (χ4v) is 1.57. The Morgan fingerprint density at radius 1 is 1.54 bits per heavy atom. The summed E-state index contributed by atoms with van der Waals surface area (Å²) in [7, 11) is 0. The van der Waals surface area contributed by atoms with Crippen molar-refractivity contribution in [3.8, 4) is 0 Å². The van der Waals surface area contributed by atoms with Gasteiger partial charge in [-0.25, -0.2) is 0 Å². The number of aliphatic hydroxyl groups is 2. The van der Waals surface area contributed by atoms with Crippen molar-refractivity contribution in [2.75, 3.05) is 18.1 Å². The van der Waals surface area contributed by atoms with Gasteiger partial charge in [-0.05, 0) is 12.2 Å². The highest BCUT2D eigenvalue weighted by Crippen LogP contribution is 2.06. The maximum absolute atomic E-state index is 10.3. The number of aliphatic carboxylic acids is 1. The zero-order valence-electron chi connectivity index (χ0n) is 7.22. The zero-order valence-corrected chi connectivity index (χ0v) is 8.04. The minimum absolute atomic E-state index is 0.266. The molecule has 0 bridgehead atoms. The average Bonchev–Trinajstić information content (AvgIpc) is 2.11. The molecule has 13 heavy (non-hydrogen) atoms. The molecule has 0 spiro atoms. The van der Waals surface area contributed by atoms with Gasteiger partial charge in [0.2, 0.25) is 0 Å². The summed E-state index contributed by atoms with van der Waals surface area (Å²) in [6, 6.07) is -0.834. The van der Waals surface area contributed by atoms with E-state index in [2.05, 4.69) is 0 Å². The minimum atomic E-state index is -1.01. The SMILES string of the molecule is NC(CCSCC(O)CO)C(=O)O. The molecule has 6 heteroatoms. The molecule has 0 rings (SSSR count). The largest absolute Gasteiger partial charge is 0.480 e. The third kappa shape index (κ3) is 6.83. The van der Waals surface area contributed by atoms with E-state index < -0.39 is 18.1 Å². The van der Waals surface area contributed by atoms with Crippen LogP contribution in [0.15, 0.2) is 0 Å². The van der Waals surface area contributed by atoms with Crippen molar-refractivity contribution in [3.05, 3.63) is 0 Å². The maximum Gasteiger partial charge on any atom is 0.320 e. The number of rotatable bonds is 7. The van der Waals surface area contributed by atoms with Crippen molar-refractivity contribution in [2.24, 2.45) is 5.73 Å². The van der Waals surface area contributed by atoms with Crippen LogP contribution in [0.1, 0.15) is 6.42 Å². The fourth-order valence-electron chi connectivity index (χ4n) is 0.606. The van der Waals surface area contributed by atoms with E-state index >= 15 is 0 Å². The molecule has 0 radical (unpaired) electrons. The van der Waals surface area contributed by atoms with Crippen molar-refractivity contribution in [3.63, 3.8) is 0 Å². The van der Waals surface area contributed by atoms with Gasteiger partial charge < -0.3 is 21.1 Å². The molecule has 0 saturated heterocycles. The number of carboxylic acids is 1. The van der Waals surface area contributed by atoms with Gasteiger partial charge in [0.05, 0.1) is 12.7 Å². The second kappa shape index (κ2) is 7.14. The minimum Gasteiger partial charge on any atom is -0.480 e. The van der Waals surface area contributed by atoms with Crippen LogP contribution in [0.5, 0.6) is 0 Å². The first kappa shape index (κ1) is 12.7. The Morgan fingerprint density at radius 3 is 2.62 bits per heavy atom. The van der Waals surface area contributed by atoms with Crippen LogP contribution in [0.4, 0.5) is 0 Å². The molecule has 0 aliphatic carbocycles. The molecule has 0 aliphatic rings. The van der Waals surface area contributed by atoms with Crippen molar-refractivity contribution in [1.82, 2.24) is 0 Å². The number of hydrogen-bond acceptors (Lipinski definition) is 5. The zero-order chi connectivity index (χ0) is 10.3. The van der Waals surface area contributed by atoms with Gasteiger partial charge in [0, 0.05) is 5.75 Å². The number of carbonyl (C=O) groups is 1. The second-order valence-electron chi connectivity index (χ2n) is 2.64. The van der Waals surface area contributed by atoms with Crippen LogP contribution in [0.2, 0.25) is 0 Å². The van der Waals surface area contributed by atoms with Gasteiger partial charge in [-0.15, -0.1) is 0 Å². The van der Waals surface area contributed by atoms with Gasteiger partial charge in [-0.2, -0.15) is 11.8 Å². The van der Waals surface area contributed by atoms with Crippen LogP contribution in [-0.4, -0.2) is 51.5 Å². The quantitative estimate of drug-likeness (QED) is 0.396. The average molecular weight is 209 g/mol. The Morgan fingerprint density at radius 2 is 2.15 bits per heavy atom. The number of thioether (sulfide) groups is 1. The Kier molecular flexibility index (Phi) is 6.97. The first-order valence-electron chi connectivity index (χ1n) is 3.93. The highest BCUT2D eigenvalue weighted by molar-refractivity contribution is 7.99. The highest BCUT2D eigenvalue weighted by atomic mass is 32.2. The van der Waals surface area contributed by atoms with Crippen molar-refractivity contribution in [2.45, 2.75) is 18.6 Å². The van der Waals surface area contributed by atoms with Crippen LogP contribution >= 0.6 is 11.8 Å². The van der Waals surface area contributed by atoms with Crippen LogP contribution in [0.25, 0.3) is 0 Å². The number of nitrogens with two attached hydrogens (primary N) is 1. The van der Waals surface area contributed by atoms with E-state index in [1.54, 1.807) is 0 Å². The predicted molar refractivity (Wildman–Crippen MR) is 50.6 cm³/mol. The number of aliphatic hydroxyl groups excluding tert-OH is 2. The lowest BCUT2D eigenvalue weighted by Crippen LogP contribution is -2.30. The molecule has 0 amide bonds. The normalized spacial score (nSPS) is 15.3. The molecule has 0 aliphatic heterocycles. The lowest BCUT2D eigenvalue weighted by molar-refractivity contribution is -0.138. The molecular weight excluding hydrogens is 194 g/mol. The summed E-state index contributed by atoms with van der Waals surface area (Å²) in [5.74, 6) is -0.0313. The molecule has 0 aromatic rings. The fraction of sp³-hybridized carbons (Fsp3) is 0.857. The third-order valence-corrected chi connectivity index (χ3v) is 2.56. The molecule has 0 aromatic heterocycles. The monoisotopic (exact) mass is 209 g/mol. The summed E-state index contributed by atoms with van der Waals surface area (Å²) in [4.78, 5) is 10.3. The Bertz CT molecular complexity index is 155. The van der Waals surface area contributed by atoms with E-state index in [9.17, 15) is 4.79 Å². The summed E-state index contributed by atoms with van der Waals surface area (Å²) in [6.07, 6.45) is -0.357. The summed E-state index contributed by atoms with van der Waals surface area (Å²) in [5, 5.41) is 25.8. The predicted octanol–water partition coefficient (Wildman–Crippen LogP) is -1.13. The topological polar surface area (TPSA) is 104 Å². The lowest BCUT2D eigenvalue weighted by Gasteiger charge is -2.08. The lowest BCUT2D eigenvalue weighted by atomic mass is 10.2. The van der Waals surface area contributed by atoms with Crippen LogP contribution in [0, 0.1) is 0 Å². The Labute approximate surface area is 80.9 Å². The second-order valence-corrected chi connectivity index (χ2v) is 3.79. The number of carboxylic acid groups (broad SMARTS) is 1. The van der Waals surface area contributed by atoms with Gasteiger partial charge in [0.25, 0.3) is 0 Å². The molecule has 0 fully saturated rings. The van der Waals surface area contributed by atoms with E-state index in [1.807, 2.05) is 0 Å². The summed E-state index contributed by atoms with van der Waals surface area (Å²) in [6.45, 7) is -0.266. The van der Waals surface area contributed by atoms with Crippen molar-refractivity contribution < 1.29 is 20.1 Å². The highest BCUT2D eigenvalue weighted by Gasteiger charge is 2.10. The van der Waals surface area contributed by atoms with Gasteiger partial charge in [-0.1, -0.05) is 0 Å². The van der Waals surface area contributed by atoms with Gasteiger partial charge in [0.15, 0.2) is 0 Å². The smallest absolute Gasteiger partial charge is 0.320 e. The number of hydrogen-bond donors (Lipinski definition) is 4. The maximum atomic E-state index is 10.3. The first-order valence-corrected chi connectivity index (χ1v) is 5.08. The summed E-state index contributed by atoms with van der Waals surface area (Å²) >= 11 is 1.38. The van der Waals surface area contributed by atoms with Gasteiger partial charge in [0.1, 0.15) is 6.04 Å². The Hall–Kier alpha value is -0.300. The summed E-state index contributed by atoms with van der Waals surface area (Å²) in [5.41, 5.74) is 5.24. The molecule has 78 valence electrons. The summed E-state index contributed by atoms with van der Waals surface area (Å²) < 4.78 is 0. The van der Waals surface area contributed by atoms with Crippen molar-refractivity contribution in [1.29, 1.82) is 0 Å². The first-order chi connectivity index (χ1) is 6.07. The molecule has 5 N–H and O–H groups in total. The van der Waals surface area contributed by atoms with E-state index in [0.29, 0.717) is 17.9 Å². The van der Waals surface area contributed by atoms with E-state index in [4.69, 9.17) is 21.1 Å². The van der Waals surface area contributed by atoms with E-state index in [-0.39, 0.29) is 6.61 Å². The van der Waals surface area contributed by atoms with Gasteiger partial charge >= 0.3 is 5.97 Å². The molecule has 0 aromatic carbocycles. The molecular formula is C7H15NO4S.